The van der Waals surface area contributed by atoms with Gasteiger partial charge in [-0.25, -0.2) is 9.37 Å². The first-order valence-electron chi connectivity index (χ1n) is 6.75. The Labute approximate surface area is 116 Å². The molecule has 2 aromatic rings. The standard InChI is InChI=1S/C15H15FN4/c16-12-5-4-11(8-17)14(7-12)18-9-13-10-20-6-2-1-3-15(20)19-13/h4-5,7,10,18H,1-3,6,9H2. The van der Waals surface area contributed by atoms with Gasteiger partial charge in [0.05, 0.1) is 23.5 Å². The number of nitrogens with one attached hydrogen (secondary N) is 1. The fourth-order valence-electron chi connectivity index (χ4n) is 2.50. The number of benzene rings is 1. The lowest BCUT2D eigenvalue weighted by molar-refractivity contribution is 0.522. The maximum atomic E-state index is 13.2. The summed E-state index contributed by atoms with van der Waals surface area (Å²) >= 11 is 0. The smallest absolute Gasteiger partial charge is 0.125 e. The van der Waals surface area contributed by atoms with Gasteiger partial charge in [0.15, 0.2) is 0 Å². The molecule has 1 N–H and O–H groups in total. The summed E-state index contributed by atoms with van der Waals surface area (Å²) in [5.74, 6) is 0.767. The molecule has 0 amide bonds. The molecule has 0 atom stereocenters. The van der Waals surface area contributed by atoms with Gasteiger partial charge in [-0.3, -0.25) is 0 Å². The van der Waals surface area contributed by atoms with E-state index in [1.807, 2.05) is 6.20 Å². The van der Waals surface area contributed by atoms with Crippen molar-refractivity contribution in [3.63, 3.8) is 0 Å². The van der Waals surface area contributed by atoms with E-state index in [0.717, 1.165) is 24.5 Å². The molecule has 5 heteroatoms. The van der Waals surface area contributed by atoms with Crippen molar-refractivity contribution in [1.29, 1.82) is 5.26 Å². The largest absolute Gasteiger partial charge is 0.378 e. The predicted octanol–water partition coefficient (Wildman–Crippen LogP) is 2.84. The summed E-state index contributed by atoms with van der Waals surface area (Å²) in [6.07, 6.45) is 5.43. The van der Waals surface area contributed by atoms with E-state index in [-0.39, 0.29) is 5.82 Å². The highest BCUT2D eigenvalue weighted by Gasteiger charge is 2.12. The van der Waals surface area contributed by atoms with E-state index in [1.54, 1.807) is 0 Å². The van der Waals surface area contributed by atoms with Crippen LogP contribution < -0.4 is 5.32 Å². The van der Waals surface area contributed by atoms with Crippen LogP contribution in [0.2, 0.25) is 0 Å². The number of aryl methyl sites for hydroxylation is 2. The first-order valence-corrected chi connectivity index (χ1v) is 6.75. The van der Waals surface area contributed by atoms with Crippen molar-refractivity contribution in [1.82, 2.24) is 9.55 Å². The molecular formula is C15H15FN4. The molecule has 0 spiro atoms. The third-order valence-corrected chi connectivity index (χ3v) is 3.52. The number of rotatable bonds is 3. The quantitative estimate of drug-likeness (QED) is 0.933. The molecule has 0 aliphatic carbocycles. The van der Waals surface area contributed by atoms with E-state index in [4.69, 9.17) is 5.26 Å². The van der Waals surface area contributed by atoms with Crippen LogP contribution >= 0.6 is 0 Å². The lowest BCUT2D eigenvalue weighted by Gasteiger charge is -2.11. The SMILES string of the molecule is N#Cc1ccc(F)cc1NCc1cn2c(n1)CCCC2. The monoisotopic (exact) mass is 270 g/mol. The highest BCUT2D eigenvalue weighted by atomic mass is 19.1. The second kappa shape index (κ2) is 5.33. The second-order valence-electron chi connectivity index (χ2n) is 4.95. The van der Waals surface area contributed by atoms with Gasteiger partial charge < -0.3 is 9.88 Å². The number of nitriles is 1. The third kappa shape index (κ3) is 2.50. The van der Waals surface area contributed by atoms with Crippen LogP contribution in [0.4, 0.5) is 10.1 Å². The normalized spacial score (nSPS) is 13.6. The van der Waals surface area contributed by atoms with Crippen molar-refractivity contribution < 1.29 is 4.39 Å². The van der Waals surface area contributed by atoms with E-state index < -0.39 is 0 Å². The summed E-state index contributed by atoms with van der Waals surface area (Å²) in [6.45, 7) is 1.52. The summed E-state index contributed by atoms with van der Waals surface area (Å²) in [6, 6.07) is 6.17. The van der Waals surface area contributed by atoms with Crippen molar-refractivity contribution in [3.05, 3.63) is 47.3 Å². The number of anilines is 1. The molecular weight excluding hydrogens is 255 g/mol. The van der Waals surface area contributed by atoms with Gasteiger partial charge in [-0.15, -0.1) is 0 Å². The number of nitrogens with zero attached hydrogens (tertiary/aromatic N) is 3. The van der Waals surface area contributed by atoms with Crippen LogP contribution in [0.3, 0.4) is 0 Å². The molecule has 102 valence electrons. The van der Waals surface area contributed by atoms with Crippen molar-refractivity contribution in [2.45, 2.75) is 32.4 Å². The molecule has 1 aliphatic heterocycles. The molecule has 0 fully saturated rings. The van der Waals surface area contributed by atoms with Crippen molar-refractivity contribution >= 4 is 5.69 Å². The lowest BCUT2D eigenvalue weighted by atomic mass is 10.2. The number of aromatic nitrogens is 2. The van der Waals surface area contributed by atoms with Crippen LogP contribution in [0.15, 0.2) is 24.4 Å². The van der Waals surface area contributed by atoms with Crippen LogP contribution in [-0.2, 0) is 19.5 Å². The summed E-state index contributed by atoms with van der Waals surface area (Å²) in [5, 5.41) is 12.1. The molecule has 0 bridgehead atoms. The molecule has 1 aliphatic rings. The van der Waals surface area contributed by atoms with Crippen molar-refractivity contribution in [2.24, 2.45) is 0 Å². The molecule has 0 saturated heterocycles. The topological polar surface area (TPSA) is 53.6 Å². The number of halogens is 1. The minimum absolute atomic E-state index is 0.351. The molecule has 1 aromatic heterocycles. The Morgan fingerprint density at radius 1 is 1.40 bits per heavy atom. The van der Waals surface area contributed by atoms with E-state index in [9.17, 15) is 4.39 Å². The Hall–Kier alpha value is -2.35. The first kappa shape index (κ1) is 12.7. The van der Waals surface area contributed by atoms with Gasteiger partial charge in [0.25, 0.3) is 0 Å². The summed E-state index contributed by atoms with van der Waals surface area (Å²) in [7, 11) is 0. The maximum absolute atomic E-state index is 13.2. The summed E-state index contributed by atoms with van der Waals surface area (Å²) in [4.78, 5) is 4.57. The van der Waals surface area contributed by atoms with Crippen LogP contribution in [0, 0.1) is 17.1 Å². The zero-order valence-corrected chi connectivity index (χ0v) is 11.1. The molecule has 4 nitrogen and oxygen atoms in total. The molecule has 0 radical (unpaired) electrons. The Morgan fingerprint density at radius 2 is 2.30 bits per heavy atom. The van der Waals surface area contributed by atoms with Gasteiger partial charge in [0, 0.05) is 19.2 Å². The molecule has 20 heavy (non-hydrogen) atoms. The first-order chi connectivity index (χ1) is 9.76. The number of hydrogen-bond donors (Lipinski definition) is 1. The fraction of sp³-hybridized carbons (Fsp3) is 0.333. The molecule has 2 heterocycles. The van der Waals surface area contributed by atoms with Gasteiger partial charge >= 0.3 is 0 Å². The van der Waals surface area contributed by atoms with E-state index >= 15 is 0 Å². The van der Waals surface area contributed by atoms with Crippen molar-refractivity contribution in [3.8, 4) is 6.07 Å². The van der Waals surface area contributed by atoms with Crippen LogP contribution in [0.25, 0.3) is 0 Å². The molecule has 3 rings (SSSR count). The number of imidazole rings is 1. The van der Waals surface area contributed by atoms with Gasteiger partial charge in [-0.05, 0) is 31.0 Å². The number of fused-ring (bicyclic) bond motifs is 1. The number of hydrogen-bond acceptors (Lipinski definition) is 3. The highest BCUT2D eigenvalue weighted by Crippen LogP contribution is 2.18. The van der Waals surface area contributed by atoms with Crippen molar-refractivity contribution in [2.75, 3.05) is 5.32 Å². The minimum Gasteiger partial charge on any atom is -0.378 e. The van der Waals surface area contributed by atoms with Gasteiger partial charge in [0.1, 0.15) is 17.7 Å². The average Bonchev–Trinajstić information content (AvgIpc) is 2.88. The van der Waals surface area contributed by atoms with Crippen LogP contribution in [-0.4, -0.2) is 9.55 Å². The Bertz CT molecular complexity index is 645. The van der Waals surface area contributed by atoms with E-state index in [0.29, 0.717) is 17.8 Å². The van der Waals surface area contributed by atoms with Gasteiger partial charge in [-0.2, -0.15) is 5.26 Å². The molecule has 0 saturated carbocycles. The predicted molar refractivity (Wildman–Crippen MR) is 73.6 cm³/mol. The highest BCUT2D eigenvalue weighted by molar-refractivity contribution is 5.57. The summed E-state index contributed by atoms with van der Waals surface area (Å²) in [5.41, 5.74) is 1.88. The van der Waals surface area contributed by atoms with E-state index in [2.05, 4.69) is 20.9 Å². The van der Waals surface area contributed by atoms with E-state index in [1.165, 1.54) is 31.0 Å². The van der Waals surface area contributed by atoms with Gasteiger partial charge in [-0.1, -0.05) is 0 Å². The Balaban J connectivity index is 1.75. The Morgan fingerprint density at radius 3 is 3.10 bits per heavy atom. The van der Waals surface area contributed by atoms with Gasteiger partial charge in [0.2, 0.25) is 0 Å². The zero-order chi connectivity index (χ0) is 13.9. The summed E-state index contributed by atoms with van der Waals surface area (Å²) < 4.78 is 15.4. The lowest BCUT2D eigenvalue weighted by Crippen LogP contribution is -2.08. The zero-order valence-electron chi connectivity index (χ0n) is 11.1. The third-order valence-electron chi connectivity index (χ3n) is 3.52. The second-order valence-corrected chi connectivity index (χ2v) is 4.95. The minimum atomic E-state index is -0.351. The fourth-order valence-corrected chi connectivity index (χ4v) is 2.50. The van der Waals surface area contributed by atoms with Crippen LogP contribution in [0.1, 0.15) is 29.9 Å². The average molecular weight is 270 g/mol. The van der Waals surface area contributed by atoms with Crippen LogP contribution in [0.5, 0.6) is 0 Å². The molecule has 0 unspecified atom stereocenters. The Kier molecular flexibility index (Phi) is 3.38. The maximum Gasteiger partial charge on any atom is 0.125 e. The molecule has 1 aromatic carbocycles.